The second-order valence-corrected chi connectivity index (χ2v) is 9.92. The van der Waals surface area contributed by atoms with Gasteiger partial charge in [0.2, 0.25) is 0 Å². The summed E-state index contributed by atoms with van der Waals surface area (Å²) in [4.78, 5) is 81.4. The van der Waals surface area contributed by atoms with Gasteiger partial charge in [-0.1, -0.05) is 0 Å². The van der Waals surface area contributed by atoms with Crippen LogP contribution in [0.25, 0.3) is 0 Å². The van der Waals surface area contributed by atoms with E-state index in [1.165, 1.54) is 0 Å². The van der Waals surface area contributed by atoms with Gasteiger partial charge in [-0.15, -0.1) is 30.3 Å². The van der Waals surface area contributed by atoms with Crippen LogP contribution in [0.1, 0.15) is 54.4 Å². The first-order chi connectivity index (χ1) is 17.2. The van der Waals surface area contributed by atoms with E-state index in [-0.39, 0.29) is 6.42 Å². The number of hydrogen-bond donors (Lipinski definition) is 1. The average molecular weight is 556 g/mol. The Morgan fingerprint density at radius 3 is 1.53 bits per heavy atom. The standard InChI is InChI=1S/C19H32N4O15/c1-17(2,3)37-15(25)13(20-16(26)38-18(4,5)6)7-8-14(24)33-9-19(10-34-21(27)28,11-35-22(29)30)12-36-23(31)32/h13H,7-12H2,1-6H3,(H,20,26)/t13-/m0/s1. The number of hydrogen-bond acceptors (Lipinski definition) is 15. The van der Waals surface area contributed by atoms with Gasteiger partial charge in [-0.3, -0.25) is 4.79 Å². The van der Waals surface area contributed by atoms with E-state index in [1.807, 2.05) is 0 Å². The summed E-state index contributed by atoms with van der Waals surface area (Å²) in [6.45, 7) is 5.51. The Bertz CT molecular complexity index is 820. The van der Waals surface area contributed by atoms with Crippen molar-refractivity contribution in [2.24, 2.45) is 5.41 Å². The molecule has 0 aromatic rings. The van der Waals surface area contributed by atoms with Crippen molar-refractivity contribution in [3.8, 4) is 0 Å². The van der Waals surface area contributed by atoms with Crippen molar-refractivity contribution < 1.29 is 58.4 Å². The monoisotopic (exact) mass is 556 g/mol. The van der Waals surface area contributed by atoms with E-state index >= 15 is 0 Å². The molecular formula is C19H32N4O15. The molecule has 0 aliphatic rings. The van der Waals surface area contributed by atoms with E-state index in [4.69, 9.17) is 14.2 Å². The third kappa shape index (κ3) is 16.5. The van der Waals surface area contributed by atoms with Crippen molar-refractivity contribution in [1.82, 2.24) is 5.32 Å². The summed E-state index contributed by atoms with van der Waals surface area (Å²) >= 11 is 0. The van der Waals surface area contributed by atoms with E-state index < -0.39 is 88.8 Å². The van der Waals surface area contributed by atoms with Crippen LogP contribution in [0.15, 0.2) is 0 Å². The van der Waals surface area contributed by atoms with Crippen LogP contribution in [-0.2, 0) is 38.3 Å². The predicted molar refractivity (Wildman–Crippen MR) is 120 cm³/mol. The zero-order valence-corrected chi connectivity index (χ0v) is 21.8. The molecule has 0 saturated carbocycles. The molecule has 218 valence electrons. The lowest BCUT2D eigenvalue weighted by molar-refractivity contribution is -0.782. The minimum Gasteiger partial charge on any atom is -0.465 e. The summed E-state index contributed by atoms with van der Waals surface area (Å²) < 4.78 is 15.3. The Kier molecular flexibility index (Phi) is 12.9. The third-order valence-electron chi connectivity index (χ3n) is 3.99. The van der Waals surface area contributed by atoms with E-state index in [9.17, 15) is 44.7 Å². The van der Waals surface area contributed by atoms with Crippen molar-refractivity contribution in [2.75, 3.05) is 26.4 Å². The third-order valence-corrected chi connectivity index (χ3v) is 3.99. The quantitative estimate of drug-likeness (QED) is 0.121. The van der Waals surface area contributed by atoms with Crippen molar-refractivity contribution in [2.45, 2.75) is 71.6 Å². The number of carbonyl (C=O) groups is 3. The minimum absolute atomic E-state index is 0.345. The minimum atomic E-state index is -2.04. The summed E-state index contributed by atoms with van der Waals surface area (Å²) in [7, 11) is 0. The molecule has 0 aliphatic heterocycles. The number of alkyl carbamates (subject to hydrolysis) is 1. The fourth-order valence-electron chi connectivity index (χ4n) is 2.46. The normalized spacial score (nSPS) is 12.4. The number of rotatable bonds is 16. The molecular weight excluding hydrogens is 524 g/mol. The Labute approximate surface area is 216 Å². The molecule has 19 heteroatoms. The van der Waals surface area contributed by atoms with Crippen LogP contribution in [0, 0.1) is 35.8 Å². The van der Waals surface area contributed by atoms with Gasteiger partial charge in [0.1, 0.15) is 43.7 Å². The molecule has 0 aromatic heterocycles. The SMILES string of the molecule is CC(C)(C)OC(=O)N[C@@H](CCC(=O)OCC(CO[N+](=O)[O-])(CO[N+](=O)[O-])CO[N+](=O)[O-])C(=O)OC(C)(C)C. The molecule has 0 radical (unpaired) electrons. The fraction of sp³-hybridized carbons (Fsp3) is 0.842. The van der Waals surface area contributed by atoms with Crippen LogP contribution >= 0.6 is 0 Å². The zero-order valence-electron chi connectivity index (χ0n) is 21.8. The average Bonchev–Trinajstić information content (AvgIpc) is 2.72. The summed E-state index contributed by atoms with van der Waals surface area (Å²) in [5.41, 5.74) is -3.87. The van der Waals surface area contributed by atoms with Gasteiger partial charge in [-0.25, -0.2) is 9.59 Å². The molecule has 1 atom stereocenters. The largest absolute Gasteiger partial charge is 0.465 e. The maximum Gasteiger partial charge on any atom is 0.408 e. The Balaban J connectivity index is 5.50. The Morgan fingerprint density at radius 1 is 0.737 bits per heavy atom. The smallest absolute Gasteiger partial charge is 0.408 e. The molecule has 0 heterocycles. The van der Waals surface area contributed by atoms with E-state index in [2.05, 4.69) is 19.8 Å². The molecule has 0 saturated heterocycles. The van der Waals surface area contributed by atoms with E-state index in [0.29, 0.717) is 0 Å². The molecule has 1 N–H and O–H groups in total. The van der Waals surface area contributed by atoms with Gasteiger partial charge in [0.05, 0.1) is 5.41 Å². The van der Waals surface area contributed by atoms with Gasteiger partial charge < -0.3 is 34.0 Å². The van der Waals surface area contributed by atoms with Crippen molar-refractivity contribution in [3.63, 3.8) is 0 Å². The van der Waals surface area contributed by atoms with Crippen LogP contribution in [0.2, 0.25) is 0 Å². The molecule has 0 aliphatic carbocycles. The maximum atomic E-state index is 12.6. The van der Waals surface area contributed by atoms with Crippen LogP contribution in [-0.4, -0.2) is 77.0 Å². The van der Waals surface area contributed by atoms with Crippen LogP contribution in [0.5, 0.6) is 0 Å². The zero-order chi connectivity index (χ0) is 29.7. The number of ether oxygens (including phenoxy) is 3. The number of esters is 2. The second-order valence-electron chi connectivity index (χ2n) is 9.92. The number of amides is 1. The lowest BCUT2D eigenvalue weighted by Crippen LogP contribution is -2.46. The molecule has 0 spiro atoms. The van der Waals surface area contributed by atoms with Gasteiger partial charge in [0, 0.05) is 6.42 Å². The van der Waals surface area contributed by atoms with Crippen LogP contribution in [0.3, 0.4) is 0 Å². The van der Waals surface area contributed by atoms with E-state index in [0.717, 1.165) is 0 Å². The van der Waals surface area contributed by atoms with E-state index in [1.54, 1.807) is 41.5 Å². The molecule has 0 unspecified atom stereocenters. The molecule has 0 bridgehead atoms. The van der Waals surface area contributed by atoms with Gasteiger partial charge >= 0.3 is 18.0 Å². The number of nitrogens with one attached hydrogen (secondary N) is 1. The molecule has 0 rings (SSSR count). The highest BCUT2D eigenvalue weighted by atomic mass is 17.0. The van der Waals surface area contributed by atoms with Gasteiger partial charge in [0.15, 0.2) is 0 Å². The first-order valence-electron chi connectivity index (χ1n) is 10.9. The summed E-state index contributed by atoms with van der Waals surface area (Å²) in [6, 6.07) is -1.35. The summed E-state index contributed by atoms with van der Waals surface area (Å²) in [5.74, 6) is -1.93. The molecule has 0 aromatic carbocycles. The topological polar surface area (TPSA) is 248 Å². The maximum absolute atomic E-state index is 12.6. The van der Waals surface area contributed by atoms with Crippen LogP contribution in [0.4, 0.5) is 4.79 Å². The molecule has 1 amide bonds. The van der Waals surface area contributed by atoms with Crippen LogP contribution < -0.4 is 5.32 Å². The molecule has 38 heavy (non-hydrogen) atoms. The lowest BCUT2D eigenvalue weighted by Gasteiger charge is -2.30. The number of carbonyl (C=O) groups excluding carboxylic acids is 3. The Morgan fingerprint density at radius 2 is 1.16 bits per heavy atom. The highest BCUT2D eigenvalue weighted by Gasteiger charge is 2.37. The predicted octanol–water partition coefficient (Wildman–Crippen LogP) is 1.16. The highest BCUT2D eigenvalue weighted by molar-refractivity contribution is 5.82. The van der Waals surface area contributed by atoms with Crippen molar-refractivity contribution in [3.05, 3.63) is 30.3 Å². The first kappa shape index (κ1) is 33.8. The molecule has 0 fully saturated rings. The second kappa shape index (κ2) is 14.5. The Hall–Kier alpha value is -4.19. The lowest BCUT2D eigenvalue weighted by atomic mass is 9.92. The van der Waals surface area contributed by atoms with Gasteiger partial charge in [0.25, 0.3) is 15.3 Å². The molecule has 19 nitrogen and oxygen atoms in total. The van der Waals surface area contributed by atoms with Crippen molar-refractivity contribution >= 4 is 18.0 Å². The van der Waals surface area contributed by atoms with Gasteiger partial charge in [-0.2, -0.15) is 0 Å². The van der Waals surface area contributed by atoms with Crippen molar-refractivity contribution in [1.29, 1.82) is 0 Å². The number of nitrogens with zero attached hydrogens (tertiary/aromatic N) is 3. The van der Waals surface area contributed by atoms with Gasteiger partial charge in [-0.05, 0) is 48.0 Å². The summed E-state index contributed by atoms with van der Waals surface area (Å²) in [6.07, 6.45) is -1.84. The highest BCUT2D eigenvalue weighted by Crippen LogP contribution is 2.22. The first-order valence-corrected chi connectivity index (χ1v) is 10.9. The summed E-state index contributed by atoms with van der Waals surface area (Å²) in [5, 5.41) is 30.3. The fourth-order valence-corrected chi connectivity index (χ4v) is 2.46.